The molecule has 132 valence electrons. The van der Waals surface area contributed by atoms with Crippen LogP contribution in [0.15, 0.2) is 54.7 Å². The van der Waals surface area contributed by atoms with Gasteiger partial charge in [0.15, 0.2) is 11.4 Å². The third-order valence-electron chi connectivity index (χ3n) is 3.80. The van der Waals surface area contributed by atoms with Crippen LogP contribution in [0.3, 0.4) is 0 Å². The predicted octanol–water partition coefficient (Wildman–Crippen LogP) is 3.35. The van der Waals surface area contributed by atoms with Crippen LogP contribution in [0.1, 0.15) is 16.1 Å². The Kier molecular flexibility index (Phi) is 4.66. The molecule has 0 bridgehead atoms. The quantitative estimate of drug-likeness (QED) is 0.561. The van der Waals surface area contributed by atoms with E-state index < -0.39 is 10.8 Å². The van der Waals surface area contributed by atoms with Crippen LogP contribution in [-0.4, -0.2) is 27.7 Å². The molecule has 0 aliphatic rings. The first-order valence-corrected chi connectivity index (χ1v) is 7.75. The summed E-state index contributed by atoms with van der Waals surface area (Å²) in [6.07, 6.45) is 1.60. The molecule has 1 heterocycles. The van der Waals surface area contributed by atoms with Gasteiger partial charge in [-0.2, -0.15) is 5.10 Å². The van der Waals surface area contributed by atoms with Gasteiger partial charge in [0.2, 0.25) is 0 Å². The maximum absolute atomic E-state index is 12.6. The molecular weight excluding hydrogens is 336 g/mol. The van der Waals surface area contributed by atoms with Gasteiger partial charge in [-0.25, -0.2) is 4.68 Å². The zero-order chi connectivity index (χ0) is 18.7. The van der Waals surface area contributed by atoms with Crippen molar-refractivity contribution in [1.29, 1.82) is 0 Å². The number of anilines is 1. The second-order valence-corrected chi connectivity index (χ2v) is 5.54. The topological polar surface area (TPSA) is 99.3 Å². The fraction of sp³-hybridized carbons (Fsp3) is 0.111. The molecule has 0 aliphatic carbocycles. The van der Waals surface area contributed by atoms with E-state index in [0.717, 1.165) is 5.69 Å². The number of carbonyl (C=O) groups is 1. The molecule has 0 spiro atoms. The van der Waals surface area contributed by atoms with Crippen molar-refractivity contribution in [2.24, 2.45) is 0 Å². The molecule has 2 aromatic carbocycles. The van der Waals surface area contributed by atoms with Gasteiger partial charge in [0.1, 0.15) is 0 Å². The Balaban J connectivity index is 1.90. The first-order valence-electron chi connectivity index (χ1n) is 7.75. The van der Waals surface area contributed by atoms with Gasteiger partial charge in [0.05, 0.1) is 23.9 Å². The summed E-state index contributed by atoms with van der Waals surface area (Å²) < 4.78 is 6.77. The molecule has 0 fully saturated rings. The lowest BCUT2D eigenvalue weighted by Gasteiger charge is -2.05. The summed E-state index contributed by atoms with van der Waals surface area (Å²) in [6.45, 7) is 1.63. The van der Waals surface area contributed by atoms with Crippen molar-refractivity contribution in [2.75, 3.05) is 12.4 Å². The Morgan fingerprint density at radius 1 is 1.23 bits per heavy atom. The third-order valence-corrected chi connectivity index (χ3v) is 3.80. The van der Waals surface area contributed by atoms with E-state index in [1.807, 2.05) is 30.3 Å². The van der Waals surface area contributed by atoms with Crippen LogP contribution in [-0.2, 0) is 0 Å². The number of carbonyl (C=O) groups excluding carboxylic acids is 1. The van der Waals surface area contributed by atoms with Crippen LogP contribution in [0.5, 0.6) is 5.75 Å². The van der Waals surface area contributed by atoms with Gasteiger partial charge >= 0.3 is 0 Å². The van der Waals surface area contributed by atoms with Gasteiger partial charge in [0.25, 0.3) is 11.6 Å². The van der Waals surface area contributed by atoms with E-state index in [9.17, 15) is 14.9 Å². The average molecular weight is 352 g/mol. The highest BCUT2D eigenvalue weighted by atomic mass is 16.6. The standard InChI is InChI=1S/C18H16N4O4/c1-12-8-9-13(10-15(12)22(24)25)19-18(23)17-16(26-2)11-21(20-17)14-6-4-3-5-7-14/h3-11H,1-2H3,(H,19,23). The van der Waals surface area contributed by atoms with E-state index in [0.29, 0.717) is 17.0 Å². The number of nitro benzene ring substituents is 1. The first-order chi connectivity index (χ1) is 12.5. The molecule has 8 heteroatoms. The number of nitrogens with one attached hydrogen (secondary N) is 1. The molecule has 3 rings (SSSR count). The zero-order valence-electron chi connectivity index (χ0n) is 14.2. The van der Waals surface area contributed by atoms with Crippen molar-refractivity contribution in [2.45, 2.75) is 6.92 Å². The number of hydrogen-bond donors (Lipinski definition) is 1. The summed E-state index contributed by atoms with van der Waals surface area (Å²) in [7, 11) is 1.44. The van der Waals surface area contributed by atoms with Gasteiger partial charge in [-0.05, 0) is 25.1 Å². The summed E-state index contributed by atoms with van der Waals surface area (Å²) in [6, 6.07) is 13.8. The minimum atomic E-state index is -0.519. The van der Waals surface area contributed by atoms with Gasteiger partial charge in [-0.1, -0.05) is 24.3 Å². The number of benzene rings is 2. The van der Waals surface area contributed by atoms with Crippen LogP contribution in [0.4, 0.5) is 11.4 Å². The highest BCUT2D eigenvalue weighted by Gasteiger charge is 2.20. The van der Waals surface area contributed by atoms with E-state index in [4.69, 9.17) is 4.74 Å². The van der Waals surface area contributed by atoms with E-state index in [-0.39, 0.29) is 11.4 Å². The minimum absolute atomic E-state index is 0.0652. The second kappa shape index (κ2) is 7.06. The van der Waals surface area contributed by atoms with E-state index >= 15 is 0 Å². The summed E-state index contributed by atoms with van der Waals surface area (Å²) in [4.78, 5) is 23.1. The number of aryl methyl sites for hydroxylation is 1. The van der Waals surface area contributed by atoms with E-state index in [1.54, 1.807) is 25.3 Å². The lowest BCUT2D eigenvalue weighted by atomic mass is 10.2. The second-order valence-electron chi connectivity index (χ2n) is 5.54. The summed E-state index contributed by atoms with van der Waals surface area (Å²) in [5.74, 6) is -0.220. The third kappa shape index (κ3) is 3.39. The average Bonchev–Trinajstić information content (AvgIpc) is 3.08. The lowest BCUT2D eigenvalue weighted by Crippen LogP contribution is -2.14. The van der Waals surface area contributed by atoms with E-state index in [2.05, 4.69) is 10.4 Å². The molecule has 8 nitrogen and oxygen atoms in total. The summed E-state index contributed by atoms with van der Waals surface area (Å²) >= 11 is 0. The molecule has 0 unspecified atom stereocenters. The number of aromatic nitrogens is 2. The number of nitrogens with zero attached hydrogens (tertiary/aromatic N) is 3. The number of nitro groups is 1. The normalized spacial score (nSPS) is 10.4. The fourth-order valence-corrected chi connectivity index (χ4v) is 2.45. The Bertz CT molecular complexity index is 967. The van der Waals surface area contributed by atoms with Crippen molar-refractivity contribution in [3.63, 3.8) is 0 Å². The van der Waals surface area contributed by atoms with Crippen LogP contribution in [0.2, 0.25) is 0 Å². The number of ether oxygens (including phenoxy) is 1. The highest BCUT2D eigenvalue weighted by Crippen LogP contribution is 2.24. The number of methoxy groups -OCH3 is 1. The van der Waals surface area contributed by atoms with Crippen molar-refractivity contribution in [3.8, 4) is 11.4 Å². The number of para-hydroxylation sites is 1. The number of rotatable bonds is 5. The Morgan fingerprint density at radius 2 is 1.96 bits per heavy atom. The van der Waals surface area contributed by atoms with Crippen molar-refractivity contribution in [3.05, 3.63) is 76.1 Å². The smallest absolute Gasteiger partial charge is 0.280 e. The maximum Gasteiger partial charge on any atom is 0.280 e. The Hall–Kier alpha value is -3.68. The SMILES string of the molecule is COc1cn(-c2ccccc2)nc1C(=O)Nc1ccc(C)c([N+](=O)[O-])c1. The van der Waals surface area contributed by atoms with Crippen molar-refractivity contribution < 1.29 is 14.5 Å². The van der Waals surface area contributed by atoms with Crippen LogP contribution < -0.4 is 10.1 Å². The largest absolute Gasteiger partial charge is 0.493 e. The summed E-state index contributed by atoms with van der Waals surface area (Å²) in [5.41, 5.74) is 1.61. The zero-order valence-corrected chi connectivity index (χ0v) is 14.2. The summed E-state index contributed by atoms with van der Waals surface area (Å²) in [5, 5.41) is 17.9. The van der Waals surface area contributed by atoms with Gasteiger partial charge in [0, 0.05) is 17.3 Å². The molecular formula is C18H16N4O4. The molecule has 0 radical (unpaired) electrons. The van der Waals surface area contributed by atoms with Crippen LogP contribution in [0, 0.1) is 17.0 Å². The number of hydrogen-bond acceptors (Lipinski definition) is 5. The molecule has 1 amide bonds. The maximum atomic E-state index is 12.6. The molecule has 0 atom stereocenters. The monoisotopic (exact) mass is 352 g/mol. The fourth-order valence-electron chi connectivity index (χ4n) is 2.45. The predicted molar refractivity (Wildman–Crippen MR) is 95.9 cm³/mol. The highest BCUT2D eigenvalue weighted by molar-refractivity contribution is 6.04. The molecule has 0 saturated carbocycles. The van der Waals surface area contributed by atoms with Gasteiger partial charge in [-0.3, -0.25) is 14.9 Å². The van der Waals surface area contributed by atoms with Gasteiger partial charge in [-0.15, -0.1) is 0 Å². The molecule has 0 saturated heterocycles. The first kappa shape index (κ1) is 17.2. The Morgan fingerprint density at radius 3 is 2.62 bits per heavy atom. The molecule has 0 aliphatic heterocycles. The Labute approximate surface area is 149 Å². The lowest BCUT2D eigenvalue weighted by molar-refractivity contribution is -0.385. The van der Waals surface area contributed by atoms with Crippen molar-refractivity contribution in [1.82, 2.24) is 9.78 Å². The van der Waals surface area contributed by atoms with Crippen LogP contribution in [0.25, 0.3) is 5.69 Å². The minimum Gasteiger partial charge on any atom is -0.493 e. The molecule has 1 aromatic heterocycles. The van der Waals surface area contributed by atoms with Gasteiger partial charge < -0.3 is 10.1 Å². The molecule has 3 aromatic rings. The molecule has 26 heavy (non-hydrogen) atoms. The van der Waals surface area contributed by atoms with Crippen molar-refractivity contribution >= 4 is 17.3 Å². The number of amides is 1. The van der Waals surface area contributed by atoms with E-state index in [1.165, 1.54) is 17.9 Å². The van der Waals surface area contributed by atoms with Crippen LogP contribution >= 0.6 is 0 Å². The molecule has 1 N–H and O–H groups in total.